The zero-order valence-electron chi connectivity index (χ0n) is 14.7. The van der Waals surface area contributed by atoms with Crippen LogP contribution in [0, 0.1) is 0 Å². The summed E-state index contributed by atoms with van der Waals surface area (Å²) in [5.74, 6) is 0. The molecule has 0 atom stereocenters. The van der Waals surface area contributed by atoms with Crippen molar-refractivity contribution in [1.82, 2.24) is 15.1 Å². The zero-order valence-corrected chi connectivity index (χ0v) is 16.2. The van der Waals surface area contributed by atoms with Crippen molar-refractivity contribution in [3.8, 4) is 5.69 Å². The summed E-state index contributed by atoms with van der Waals surface area (Å²) >= 11 is 6.25. The van der Waals surface area contributed by atoms with Crippen LogP contribution in [0.1, 0.15) is 5.56 Å². The van der Waals surface area contributed by atoms with Crippen LogP contribution in [-0.4, -0.2) is 30.8 Å². The smallest absolute Gasteiger partial charge is 0.319 e. The van der Waals surface area contributed by atoms with Gasteiger partial charge < -0.3 is 10.6 Å². The number of aromatic nitrogens is 2. The number of sulfonamides is 1. The minimum Gasteiger partial charge on any atom is -0.338 e. The van der Waals surface area contributed by atoms with Gasteiger partial charge in [-0.15, -0.1) is 0 Å². The Labute approximate surface area is 167 Å². The molecule has 0 saturated heterocycles. The van der Waals surface area contributed by atoms with Crippen molar-refractivity contribution in [2.45, 2.75) is 11.3 Å². The van der Waals surface area contributed by atoms with E-state index in [-0.39, 0.29) is 10.9 Å². The number of halogens is 1. The largest absolute Gasteiger partial charge is 0.338 e. The molecule has 146 valence electrons. The highest BCUT2D eigenvalue weighted by molar-refractivity contribution is 7.89. The maximum atomic E-state index is 12.0. The lowest BCUT2D eigenvalue weighted by Gasteiger charge is -2.10. The number of hydrogen-bond donors (Lipinski definition) is 3. The molecule has 1 aromatic heterocycles. The van der Waals surface area contributed by atoms with Gasteiger partial charge in [0.2, 0.25) is 10.0 Å². The van der Waals surface area contributed by atoms with E-state index in [9.17, 15) is 13.2 Å². The fraction of sp³-hybridized carbons (Fsp3) is 0.111. The number of primary sulfonamides is 1. The molecule has 2 aromatic carbocycles. The van der Waals surface area contributed by atoms with Gasteiger partial charge in [-0.05, 0) is 48.4 Å². The third kappa shape index (κ3) is 5.10. The fourth-order valence-corrected chi connectivity index (χ4v) is 3.31. The van der Waals surface area contributed by atoms with Gasteiger partial charge in [-0.25, -0.2) is 23.0 Å². The van der Waals surface area contributed by atoms with Gasteiger partial charge in [0.1, 0.15) is 0 Å². The van der Waals surface area contributed by atoms with E-state index in [1.54, 1.807) is 53.5 Å². The van der Waals surface area contributed by atoms with Crippen LogP contribution in [0.4, 0.5) is 10.5 Å². The number of amides is 2. The van der Waals surface area contributed by atoms with Crippen molar-refractivity contribution in [2.75, 3.05) is 11.9 Å². The highest BCUT2D eigenvalue weighted by atomic mass is 35.5. The topological polar surface area (TPSA) is 119 Å². The van der Waals surface area contributed by atoms with Crippen molar-refractivity contribution < 1.29 is 13.2 Å². The summed E-state index contributed by atoms with van der Waals surface area (Å²) in [6.45, 7) is 0.375. The Balaban J connectivity index is 1.51. The van der Waals surface area contributed by atoms with Crippen LogP contribution in [0.2, 0.25) is 5.02 Å². The molecule has 10 heteroatoms. The molecule has 8 nitrogen and oxygen atoms in total. The molecule has 0 aliphatic heterocycles. The van der Waals surface area contributed by atoms with Crippen LogP contribution in [0.15, 0.2) is 65.8 Å². The van der Waals surface area contributed by atoms with E-state index in [1.165, 1.54) is 12.1 Å². The van der Waals surface area contributed by atoms with E-state index < -0.39 is 10.0 Å². The number of anilines is 1. The highest BCUT2D eigenvalue weighted by Gasteiger charge is 2.08. The van der Waals surface area contributed by atoms with E-state index >= 15 is 0 Å². The van der Waals surface area contributed by atoms with Crippen molar-refractivity contribution in [2.24, 2.45) is 5.14 Å². The Morgan fingerprint density at radius 2 is 1.93 bits per heavy atom. The molecule has 3 aromatic rings. The monoisotopic (exact) mass is 419 g/mol. The molecular weight excluding hydrogens is 402 g/mol. The fourth-order valence-electron chi connectivity index (χ4n) is 2.52. The first-order chi connectivity index (χ1) is 13.3. The number of rotatable bonds is 6. The Hall–Kier alpha value is -2.88. The lowest BCUT2D eigenvalue weighted by atomic mass is 10.1. The molecule has 0 spiro atoms. The maximum absolute atomic E-state index is 12.0. The van der Waals surface area contributed by atoms with E-state index in [0.717, 1.165) is 5.56 Å². The number of carbonyl (C=O) groups excluding carboxylic acids is 1. The molecule has 0 radical (unpaired) electrons. The van der Waals surface area contributed by atoms with Gasteiger partial charge in [0.05, 0.1) is 15.6 Å². The molecule has 0 aliphatic rings. The SMILES string of the molecule is NS(=O)(=O)c1ccc(CCNC(=O)Nc2ccc(-n3cccn3)c(Cl)c2)cc1. The number of urea groups is 1. The average molecular weight is 420 g/mol. The summed E-state index contributed by atoms with van der Waals surface area (Å²) in [5, 5.41) is 15.1. The van der Waals surface area contributed by atoms with Gasteiger partial charge in [0.25, 0.3) is 0 Å². The molecule has 0 bridgehead atoms. The normalized spacial score (nSPS) is 11.2. The van der Waals surface area contributed by atoms with Gasteiger partial charge in [0, 0.05) is 24.6 Å². The minimum absolute atomic E-state index is 0.0531. The predicted molar refractivity (Wildman–Crippen MR) is 107 cm³/mol. The van der Waals surface area contributed by atoms with Gasteiger partial charge in [0.15, 0.2) is 0 Å². The highest BCUT2D eigenvalue weighted by Crippen LogP contribution is 2.23. The second kappa shape index (κ2) is 8.42. The van der Waals surface area contributed by atoms with Crippen LogP contribution in [0.25, 0.3) is 5.69 Å². The van der Waals surface area contributed by atoms with Gasteiger partial charge in [-0.2, -0.15) is 5.10 Å². The number of nitrogens with two attached hydrogens (primary N) is 1. The van der Waals surface area contributed by atoms with E-state index in [2.05, 4.69) is 15.7 Å². The summed E-state index contributed by atoms with van der Waals surface area (Å²) in [7, 11) is -3.71. The summed E-state index contributed by atoms with van der Waals surface area (Å²) in [6.07, 6.45) is 3.96. The molecule has 28 heavy (non-hydrogen) atoms. The predicted octanol–water partition coefficient (Wildman–Crippen LogP) is 2.54. The zero-order chi connectivity index (χ0) is 20.1. The second-order valence-electron chi connectivity index (χ2n) is 5.94. The molecule has 0 fully saturated rings. The first-order valence-corrected chi connectivity index (χ1v) is 10.2. The van der Waals surface area contributed by atoms with E-state index in [4.69, 9.17) is 16.7 Å². The standard InChI is InChI=1S/C18H18ClN5O3S/c19-16-12-14(4-7-17(16)24-11-1-9-22-24)23-18(25)21-10-8-13-2-5-15(6-3-13)28(20,26)27/h1-7,9,11-12H,8,10H2,(H2,20,26,27)(H2,21,23,25). The Bertz CT molecular complexity index is 1070. The van der Waals surface area contributed by atoms with Crippen LogP contribution < -0.4 is 15.8 Å². The minimum atomic E-state index is -3.71. The van der Waals surface area contributed by atoms with Crippen molar-refractivity contribution in [3.63, 3.8) is 0 Å². The summed E-state index contributed by atoms with van der Waals surface area (Å²) < 4.78 is 24.1. The quantitative estimate of drug-likeness (QED) is 0.568. The molecule has 0 aliphatic carbocycles. The molecule has 4 N–H and O–H groups in total. The molecule has 0 unspecified atom stereocenters. The third-order valence-electron chi connectivity index (χ3n) is 3.91. The lowest BCUT2D eigenvalue weighted by molar-refractivity contribution is 0.252. The molecule has 1 heterocycles. The molecule has 3 rings (SSSR count). The average Bonchev–Trinajstić information content (AvgIpc) is 3.16. The molecular formula is C18H18ClN5O3S. The van der Waals surface area contributed by atoms with E-state index in [1.807, 2.05) is 0 Å². The number of carbonyl (C=O) groups is 1. The van der Waals surface area contributed by atoms with Crippen LogP contribution in [0.5, 0.6) is 0 Å². The third-order valence-corrected chi connectivity index (χ3v) is 5.14. The number of nitrogens with one attached hydrogen (secondary N) is 2. The van der Waals surface area contributed by atoms with Crippen molar-refractivity contribution in [1.29, 1.82) is 0 Å². The lowest BCUT2D eigenvalue weighted by Crippen LogP contribution is -2.30. The van der Waals surface area contributed by atoms with Crippen molar-refractivity contribution in [3.05, 3.63) is 71.5 Å². The Kier molecular flexibility index (Phi) is 5.98. The second-order valence-corrected chi connectivity index (χ2v) is 7.91. The number of hydrogen-bond acceptors (Lipinski definition) is 4. The first-order valence-electron chi connectivity index (χ1n) is 8.29. The number of nitrogens with zero attached hydrogens (tertiary/aromatic N) is 2. The van der Waals surface area contributed by atoms with Crippen LogP contribution >= 0.6 is 11.6 Å². The van der Waals surface area contributed by atoms with Crippen LogP contribution in [0.3, 0.4) is 0 Å². The Morgan fingerprint density at radius 3 is 2.54 bits per heavy atom. The van der Waals surface area contributed by atoms with Crippen molar-refractivity contribution >= 4 is 33.3 Å². The van der Waals surface area contributed by atoms with Gasteiger partial charge >= 0.3 is 6.03 Å². The molecule has 0 saturated carbocycles. The summed E-state index contributed by atoms with van der Waals surface area (Å²) in [6, 6.07) is 12.8. The Morgan fingerprint density at radius 1 is 1.18 bits per heavy atom. The van der Waals surface area contributed by atoms with Crippen LogP contribution in [-0.2, 0) is 16.4 Å². The van der Waals surface area contributed by atoms with Gasteiger partial charge in [-0.3, -0.25) is 0 Å². The van der Waals surface area contributed by atoms with E-state index in [0.29, 0.717) is 29.4 Å². The summed E-state index contributed by atoms with van der Waals surface area (Å²) in [5.41, 5.74) is 2.13. The first kappa shape index (κ1) is 19.9. The molecule has 2 amide bonds. The summed E-state index contributed by atoms with van der Waals surface area (Å²) in [4.78, 5) is 12.1. The van der Waals surface area contributed by atoms with Gasteiger partial charge in [-0.1, -0.05) is 23.7 Å². The maximum Gasteiger partial charge on any atom is 0.319 e. The number of benzene rings is 2.